The molecule has 0 heterocycles. The van der Waals surface area contributed by atoms with E-state index in [9.17, 15) is 8.78 Å². The molecule has 1 unspecified atom stereocenters. The highest BCUT2D eigenvalue weighted by atomic mass is 127. The molecule has 0 aromatic heterocycles. The largest absolute Gasteiger partial charge is 0.494 e. The smallest absolute Gasteiger partial charge is 0.165 e. The molecule has 0 fully saturated rings. The summed E-state index contributed by atoms with van der Waals surface area (Å²) in [5, 5.41) is 0. The second-order valence-corrected chi connectivity index (χ2v) is 5.20. The van der Waals surface area contributed by atoms with Gasteiger partial charge in [-0.3, -0.25) is 0 Å². The van der Waals surface area contributed by atoms with Crippen LogP contribution in [0.2, 0.25) is 0 Å². The molecule has 0 bridgehead atoms. The predicted molar refractivity (Wildman–Crippen MR) is 78.1 cm³/mol. The van der Waals surface area contributed by atoms with Gasteiger partial charge in [-0.2, -0.15) is 0 Å². The first-order chi connectivity index (χ1) is 9.02. The van der Waals surface area contributed by atoms with Gasteiger partial charge in [-0.05, 0) is 58.0 Å². The molecule has 0 saturated carbocycles. The standard InChI is InChI=1S/C14H12F2INO/c1-19-13-5-2-8(6-11(13)16)14(18)10-4-3-9(15)7-12(10)17/h2-7,14H,18H2,1H3. The fraction of sp³-hybridized carbons (Fsp3) is 0.143. The first kappa shape index (κ1) is 14.2. The van der Waals surface area contributed by atoms with E-state index in [2.05, 4.69) is 0 Å². The van der Waals surface area contributed by atoms with E-state index in [0.29, 0.717) is 9.13 Å². The molecule has 19 heavy (non-hydrogen) atoms. The number of methoxy groups -OCH3 is 1. The summed E-state index contributed by atoms with van der Waals surface area (Å²) in [6.45, 7) is 0. The third-order valence-corrected chi connectivity index (χ3v) is 3.77. The minimum atomic E-state index is -0.507. The highest BCUT2D eigenvalue weighted by molar-refractivity contribution is 14.1. The lowest BCUT2D eigenvalue weighted by atomic mass is 9.99. The van der Waals surface area contributed by atoms with Crippen molar-refractivity contribution in [3.63, 3.8) is 0 Å². The number of hydrogen-bond donors (Lipinski definition) is 1. The molecule has 5 heteroatoms. The number of nitrogens with two attached hydrogens (primary N) is 1. The van der Waals surface area contributed by atoms with Gasteiger partial charge in [0.15, 0.2) is 11.6 Å². The molecule has 1 atom stereocenters. The van der Waals surface area contributed by atoms with Crippen molar-refractivity contribution in [1.29, 1.82) is 0 Å². The van der Waals surface area contributed by atoms with Gasteiger partial charge in [-0.25, -0.2) is 8.78 Å². The van der Waals surface area contributed by atoms with Crippen LogP contribution in [0, 0.1) is 15.2 Å². The summed E-state index contributed by atoms with van der Waals surface area (Å²) in [6.07, 6.45) is 0. The van der Waals surface area contributed by atoms with Crippen molar-refractivity contribution < 1.29 is 13.5 Å². The van der Waals surface area contributed by atoms with Gasteiger partial charge in [0.1, 0.15) is 5.82 Å². The fourth-order valence-electron chi connectivity index (χ4n) is 1.81. The van der Waals surface area contributed by atoms with E-state index < -0.39 is 11.9 Å². The molecule has 0 saturated heterocycles. The van der Waals surface area contributed by atoms with Crippen molar-refractivity contribution >= 4 is 22.6 Å². The number of hydrogen-bond acceptors (Lipinski definition) is 2. The molecule has 0 radical (unpaired) electrons. The number of halogens is 3. The van der Waals surface area contributed by atoms with Gasteiger partial charge in [0.25, 0.3) is 0 Å². The first-order valence-corrected chi connectivity index (χ1v) is 6.64. The van der Waals surface area contributed by atoms with Gasteiger partial charge in [-0.1, -0.05) is 12.1 Å². The van der Waals surface area contributed by atoms with E-state index in [-0.39, 0.29) is 11.6 Å². The second kappa shape index (κ2) is 5.83. The third-order valence-electron chi connectivity index (χ3n) is 2.83. The predicted octanol–water partition coefficient (Wildman–Crippen LogP) is 3.63. The summed E-state index contributed by atoms with van der Waals surface area (Å²) in [4.78, 5) is 0. The number of rotatable bonds is 3. The molecule has 2 nitrogen and oxygen atoms in total. The lowest BCUT2D eigenvalue weighted by Crippen LogP contribution is -2.13. The molecule has 0 aliphatic rings. The maximum Gasteiger partial charge on any atom is 0.165 e. The Hall–Kier alpha value is -1.21. The Labute approximate surface area is 123 Å². The van der Waals surface area contributed by atoms with Crippen LogP contribution in [-0.4, -0.2) is 7.11 Å². The van der Waals surface area contributed by atoms with E-state index in [0.717, 1.165) is 5.56 Å². The fourth-order valence-corrected chi connectivity index (χ4v) is 2.62. The average molecular weight is 375 g/mol. The Kier molecular flexibility index (Phi) is 4.36. The number of ether oxygens (including phenoxy) is 1. The van der Waals surface area contributed by atoms with Crippen LogP contribution in [0.15, 0.2) is 36.4 Å². The summed E-state index contributed by atoms with van der Waals surface area (Å²) < 4.78 is 32.3. The van der Waals surface area contributed by atoms with Gasteiger partial charge in [0.2, 0.25) is 0 Å². The van der Waals surface area contributed by atoms with Crippen molar-refractivity contribution in [3.05, 3.63) is 62.7 Å². The molecule has 0 spiro atoms. The zero-order valence-corrected chi connectivity index (χ0v) is 12.3. The van der Waals surface area contributed by atoms with Crippen LogP contribution >= 0.6 is 22.6 Å². The van der Waals surface area contributed by atoms with E-state index >= 15 is 0 Å². The third kappa shape index (κ3) is 3.03. The average Bonchev–Trinajstić information content (AvgIpc) is 2.38. The van der Waals surface area contributed by atoms with E-state index in [1.165, 1.54) is 31.4 Å². The van der Waals surface area contributed by atoms with Crippen LogP contribution in [0.3, 0.4) is 0 Å². The molecule has 2 N–H and O–H groups in total. The Morgan fingerprint density at radius 1 is 1.16 bits per heavy atom. The highest BCUT2D eigenvalue weighted by Gasteiger charge is 2.15. The Bertz CT molecular complexity index is 604. The van der Waals surface area contributed by atoms with Crippen molar-refractivity contribution in [3.8, 4) is 5.75 Å². The van der Waals surface area contributed by atoms with E-state index in [1.54, 1.807) is 12.1 Å². The minimum Gasteiger partial charge on any atom is -0.494 e. The summed E-state index contributed by atoms with van der Waals surface area (Å²) >= 11 is 2.01. The summed E-state index contributed by atoms with van der Waals surface area (Å²) in [7, 11) is 1.40. The maximum atomic E-state index is 13.6. The van der Waals surface area contributed by atoms with Crippen LogP contribution in [0.1, 0.15) is 17.2 Å². The normalized spacial score (nSPS) is 12.3. The Morgan fingerprint density at radius 3 is 2.47 bits per heavy atom. The molecule has 0 amide bonds. The summed E-state index contributed by atoms with van der Waals surface area (Å²) in [5.74, 6) is -0.612. The first-order valence-electron chi connectivity index (χ1n) is 5.57. The molecule has 2 aromatic carbocycles. The van der Waals surface area contributed by atoms with Gasteiger partial charge < -0.3 is 10.5 Å². The molecule has 0 aliphatic carbocycles. The Balaban J connectivity index is 2.38. The number of benzene rings is 2. The van der Waals surface area contributed by atoms with Crippen molar-refractivity contribution in [2.45, 2.75) is 6.04 Å². The zero-order chi connectivity index (χ0) is 14.0. The zero-order valence-electron chi connectivity index (χ0n) is 10.2. The van der Waals surface area contributed by atoms with E-state index in [1.807, 2.05) is 22.6 Å². The van der Waals surface area contributed by atoms with Gasteiger partial charge in [0.05, 0.1) is 13.2 Å². The lowest BCUT2D eigenvalue weighted by Gasteiger charge is -2.15. The maximum absolute atomic E-state index is 13.6. The molecule has 2 rings (SSSR count). The van der Waals surface area contributed by atoms with Crippen LogP contribution in [0.4, 0.5) is 8.78 Å². The van der Waals surface area contributed by atoms with E-state index in [4.69, 9.17) is 10.5 Å². The summed E-state index contributed by atoms with van der Waals surface area (Å²) in [5.41, 5.74) is 7.46. The monoisotopic (exact) mass is 375 g/mol. The lowest BCUT2D eigenvalue weighted by molar-refractivity contribution is 0.386. The Morgan fingerprint density at radius 2 is 1.89 bits per heavy atom. The van der Waals surface area contributed by atoms with Gasteiger partial charge in [-0.15, -0.1) is 0 Å². The van der Waals surface area contributed by atoms with Crippen LogP contribution in [-0.2, 0) is 0 Å². The van der Waals surface area contributed by atoms with Crippen LogP contribution in [0.5, 0.6) is 5.75 Å². The molecule has 2 aromatic rings. The summed E-state index contributed by atoms with van der Waals surface area (Å²) in [6, 6.07) is 8.42. The molecular formula is C14H12F2INO. The van der Waals surface area contributed by atoms with Gasteiger partial charge >= 0.3 is 0 Å². The van der Waals surface area contributed by atoms with Crippen molar-refractivity contribution in [2.75, 3.05) is 7.11 Å². The van der Waals surface area contributed by atoms with Crippen molar-refractivity contribution in [2.24, 2.45) is 5.73 Å². The minimum absolute atomic E-state index is 0.171. The quantitative estimate of drug-likeness (QED) is 0.832. The van der Waals surface area contributed by atoms with Crippen LogP contribution < -0.4 is 10.5 Å². The molecular weight excluding hydrogens is 363 g/mol. The highest BCUT2D eigenvalue weighted by Crippen LogP contribution is 2.27. The second-order valence-electron chi connectivity index (χ2n) is 4.04. The van der Waals surface area contributed by atoms with Gasteiger partial charge in [0, 0.05) is 3.57 Å². The molecule has 0 aliphatic heterocycles. The molecule has 100 valence electrons. The topological polar surface area (TPSA) is 35.2 Å². The van der Waals surface area contributed by atoms with Crippen molar-refractivity contribution in [1.82, 2.24) is 0 Å². The van der Waals surface area contributed by atoms with Crippen LogP contribution in [0.25, 0.3) is 0 Å². The SMILES string of the molecule is COc1ccc(C(N)c2ccc(F)cc2I)cc1F.